The summed E-state index contributed by atoms with van der Waals surface area (Å²) < 4.78 is 11.6. The van der Waals surface area contributed by atoms with E-state index < -0.39 is 10.8 Å². The van der Waals surface area contributed by atoms with E-state index in [0.717, 1.165) is 12.8 Å². The number of nitrogens with zero attached hydrogens (tertiary/aromatic N) is 2. The van der Waals surface area contributed by atoms with Gasteiger partial charge in [-0.1, -0.05) is 30.5 Å². The molecule has 8 heteroatoms. The molecular weight excluding hydrogens is 378 g/mol. The first-order valence-corrected chi connectivity index (χ1v) is 10.8. The molecule has 1 aliphatic carbocycles. The fourth-order valence-electron chi connectivity index (χ4n) is 2.90. The van der Waals surface area contributed by atoms with Crippen molar-refractivity contribution in [3.05, 3.63) is 40.5 Å². The van der Waals surface area contributed by atoms with Crippen LogP contribution in [0.2, 0.25) is 5.02 Å². The van der Waals surface area contributed by atoms with Crippen LogP contribution in [0.4, 0.5) is 5.13 Å². The fourth-order valence-corrected chi connectivity index (χ4v) is 4.45. The van der Waals surface area contributed by atoms with Gasteiger partial charge in [0.25, 0.3) is 5.91 Å². The Morgan fingerprint density at radius 1 is 1.40 bits per heavy atom. The quantitative estimate of drug-likeness (QED) is 0.772. The lowest BCUT2D eigenvalue weighted by Gasteiger charge is -2.11. The zero-order valence-electron chi connectivity index (χ0n) is 13.7. The Morgan fingerprint density at radius 3 is 2.76 bits per heavy atom. The number of aromatic nitrogens is 2. The molecular formula is C17H18ClN3O2S2. The molecule has 132 valence electrons. The maximum Gasteiger partial charge on any atom is 0.257 e. The van der Waals surface area contributed by atoms with Crippen molar-refractivity contribution in [1.82, 2.24) is 9.97 Å². The molecule has 5 nitrogen and oxygen atoms in total. The molecule has 1 amide bonds. The molecule has 0 aliphatic heterocycles. The van der Waals surface area contributed by atoms with Gasteiger partial charge >= 0.3 is 0 Å². The van der Waals surface area contributed by atoms with Crippen molar-refractivity contribution in [2.24, 2.45) is 5.92 Å². The number of carbonyl (C=O) groups is 1. The lowest BCUT2D eigenvalue weighted by atomic mass is 9.99. The highest BCUT2D eigenvalue weighted by Crippen LogP contribution is 2.31. The Bertz CT molecular complexity index is 815. The lowest BCUT2D eigenvalue weighted by Crippen LogP contribution is -2.15. The Hall–Kier alpha value is -1.57. The summed E-state index contributed by atoms with van der Waals surface area (Å²) in [7, 11) is -1.27. The van der Waals surface area contributed by atoms with E-state index in [0.29, 0.717) is 32.2 Å². The first-order valence-electron chi connectivity index (χ1n) is 7.96. The van der Waals surface area contributed by atoms with Crippen LogP contribution in [-0.2, 0) is 15.6 Å². The van der Waals surface area contributed by atoms with Crippen LogP contribution in [-0.4, -0.2) is 26.3 Å². The van der Waals surface area contributed by atoms with E-state index >= 15 is 0 Å². The Kier molecular flexibility index (Phi) is 5.98. The van der Waals surface area contributed by atoms with E-state index in [1.165, 1.54) is 30.4 Å². The molecule has 2 aromatic rings. The zero-order chi connectivity index (χ0) is 17.8. The van der Waals surface area contributed by atoms with Crippen LogP contribution in [0.1, 0.15) is 31.2 Å². The van der Waals surface area contributed by atoms with E-state index in [4.69, 9.17) is 11.6 Å². The molecule has 0 radical (unpaired) electrons. The predicted octanol–water partition coefficient (Wildman–Crippen LogP) is 4.14. The monoisotopic (exact) mass is 395 g/mol. The van der Waals surface area contributed by atoms with Crippen LogP contribution in [0.25, 0.3) is 5.57 Å². The van der Waals surface area contributed by atoms with Gasteiger partial charge in [0.05, 0.1) is 15.8 Å². The molecule has 0 spiro atoms. The average molecular weight is 396 g/mol. The summed E-state index contributed by atoms with van der Waals surface area (Å²) in [5, 5.41) is 5.80. The minimum atomic E-state index is -1.27. The molecule has 0 saturated heterocycles. The second-order valence-corrected chi connectivity index (χ2v) is 8.48. The minimum absolute atomic E-state index is 0.231. The number of hydrogen-bond donors (Lipinski definition) is 1. The molecule has 0 aromatic carbocycles. The second-order valence-electron chi connectivity index (χ2n) is 5.88. The van der Waals surface area contributed by atoms with Crippen LogP contribution in [0, 0.1) is 5.92 Å². The smallest absolute Gasteiger partial charge is 0.257 e. The number of allylic oxidation sites excluding steroid dienone is 1. The summed E-state index contributed by atoms with van der Waals surface area (Å²) >= 11 is 7.57. The van der Waals surface area contributed by atoms with Crippen LogP contribution in [0.5, 0.6) is 0 Å². The van der Waals surface area contributed by atoms with Crippen molar-refractivity contribution in [2.75, 3.05) is 11.6 Å². The fraction of sp³-hybridized carbons (Fsp3) is 0.353. The number of hydrogen-bond acceptors (Lipinski definition) is 5. The van der Waals surface area contributed by atoms with Gasteiger partial charge in [0.1, 0.15) is 5.03 Å². The average Bonchev–Trinajstić information content (AvgIpc) is 3.25. The van der Waals surface area contributed by atoms with Gasteiger partial charge in [-0.2, -0.15) is 0 Å². The van der Waals surface area contributed by atoms with Crippen LogP contribution >= 0.6 is 22.9 Å². The van der Waals surface area contributed by atoms with Gasteiger partial charge in [0, 0.05) is 35.2 Å². The Balaban J connectivity index is 1.94. The van der Waals surface area contributed by atoms with Crippen molar-refractivity contribution < 1.29 is 9.00 Å². The van der Waals surface area contributed by atoms with Gasteiger partial charge in [0.2, 0.25) is 0 Å². The first kappa shape index (κ1) is 18.2. The standard InChI is InChI=1S/C17H18ClN3O2S2/c1-25(23)16-14(18)9-12(10-20-16)13(8-11-4-2-3-5-11)15(22)21-17-19-6-7-24-17/h6-11H,2-5H2,1H3,(H,19,21,22)/b13-8+. The number of rotatable bonds is 5. The number of thiazole rings is 1. The Labute approximate surface area is 158 Å². The molecule has 1 N–H and O–H groups in total. The summed E-state index contributed by atoms with van der Waals surface area (Å²) in [6, 6.07) is 1.66. The largest absolute Gasteiger partial charge is 0.298 e. The molecule has 3 rings (SSSR count). The summed E-state index contributed by atoms with van der Waals surface area (Å²) in [6.07, 6.45) is 11.2. The maximum absolute atomic E-state index is 12.8. The van der Waals surface area contributed by atoms with Gasteiger partial charge < -0.3 is 0 Å². The molecule has 2 aromatic heterocycles. The topological polar surface area (TPSA) is 72.0 Å². The number of halogens is 1. The van der Waals surface area contributed by atoms with Crippen molar-refractivity contribution in [3.8, 4) is 0 Å². The Morgan fingerprint density at radius 2 is 2.16 bits per heavy atom. The van der Waals surface area contributed by atoms with Gasteiger partial charge in [-0.3, -0.25) is 14.3 Å². The van der Waals surface area contributed by atoms with Crippen molar-refractivity contribution in [1.29, 1.82) is 0 Å². The molecule has 1 fully saturated rings. The number of pyridine rings is 1. The van der Waals surface area contributed by atoms with Crippen LogP contribution < -0.4 is 5.32 Å². The van der Waals surface area contributed by atoms with E-state index in [1.54, 1.807) is 23.8 Å². The van der Waals surface area contributed by atoms with Crippen molar-refractivity contribution in [3.63, 3.8) is 0 Å². The third-order valence-electron chi connectivity index (χ3n) is 4.09. The highest BCUT2D eigenvalue weighted by molar-refractivity contribution is 7.84. The summed E-state index contributed by atoms with van der Waals surface area (Å²) in [5.41, 5.74) is 1.16. The number of nitrogens with one attached hydrogen (secondary N) is 1. The zero-order valence-corrected chi connectivity index (χ0v) is 16.1. The molecule has 1 unspecified atom stereocenters. The van der Waals surface area contributed by atoms with E-state index in [1.807, 2.05) is 6.08 Å². The molecule has 1 saturated carbocycles. The summed E-state index contributed by atoms with van der Waals surface area (Å²) in [5.74, 6) is 0.140. The SMILES string of the molecule is CS(=O)c1ncc(/C(=C\C2CCCC2)C(=O)Nc2nccs2)cc1Cl. The normalized spacial score (nSPS) is 16.8. The minimum Gasteiger partial charge on any atom is -0.298 e. The highest BCUT2D eigenvalue weighted by Gasteiger charge is 2.20. The maximum atomic E-state index is 12.8. The van der Waals surface area contributed by atoms with Crippen LogP contribution in [0.3, 0.4) is 0 Å². The summed E-state index contributed by atoms with van der Waals surface area (Å²) in [6.45, 7) is 0. The van der Waals surface area contributed by atoms with Gasteiger partial charge in [-0.25, -0.2) is 9.97 Å². The van der Waals surface area contributed by atoms with Crippen molar-refractivity contribution in [2.45, 2.75) is 30.7 Å². The van der Waals surface area contributed by atoms with Gasteiger partial charge in [0.15, 0.2) is 5.13 Å². The number of carbonyl (C=O) groups excluding carboxylic acids is 1. The van der Waals surface area contributed by atoms with Gasteiger partial charge in [-0.05, 0) is 24.8 Å². The third kappa shape index (κ3) is 4.54. The van der Waals surface area contributed by atoms with E-state index in [2.05, 4.69) is 15.3 Å². The second kappa shape index (κ2) is 8.21. The predicted molar refractivity (Wildman–Crippen MR) is 102 cm³/mol. The number of anilines is 1. The lowest BCUT2D eigenvalue weighted by molar-refractivity contribution is -0.111. The molecule has 2 heterocycles. The molecule has 25 heavy (non-hydrogen) atoms. The van der Waals surface area contributed by atoms with Crippen molar-refractivity contribution >= 4 is 50.3 Å². The first-order chi connectivity index (χ1) is 12.0. The third-order valence-corrected chi connectivity index (χ3v) is 6.05. The van der Waals surface area contributed by atoms with Gasteiger partial charge in [-0.15, -0.1) is 11.3 Å². The molecule has 1 aliphatic rings. The summed E-state index contributed by atoms with van der Waals surface area (Å²) in [4.78, 5) is 21.1. The van der Waals surface area contributed by atoms with E-state index in [-0.39, 0.29) is 5.91 Å². The number of amides is 1. The molecule has 0 bridgehead atoms. The molecule has 1 atom stereocenters. The highest BCUT2D eigenvalue weighted by atomic mass is 35.5. The van der Waals surface area contributed by atoms with E-state index in [9.17, 15) is 9.00 Å². The van der Waals surface area contributed by atoms with Crippen LogP contribution in [0.15, 0.2) is 34.9 Å².